The first-order valence-corrected chi connectivity index (χ1v) is 11.3. The zero-order valence-corrected chi connectivity index (χ0v) is 17.2. The molecule has 1 aliphatic rings. The summed E-state index contributed by atoms with van der Waals surface area (Å²) in [6, 6.07) is 10.4. The predicted octanol–water partition coefficient (Wildman–Crippen LogP) is 1.93. The molecule has 3 aromatic rings. The zero-order valence-electron chi connectivity index (χ0n) is 16.4. The van der Waals surface area contributed by atoms with E-state index >= 15 is 0 Å². The lowest BCUT2D eigenvalue weighted by atomic mass is 10.1. The van der Waals surface area contributed by atoms with Crippen LogP contribution >= 0.6 is 0 Å². The van der Waals surface area contributed by atoms with Crippen LogP contribution in [0.4, 0.5) is 0 Å². The van der Waals surface area contributed by atoms with E-state index in [-0.39, 0.29) is 23.5 Å². The summed E-state index contributed by atoms with van der Waals surface area (Å²) in [5, 5.41) is 4.27. The second-order valence-electron chi connectivity index (χ2n) is 7.15. The number of sulfone groups is 1. The van der Waals surface area contributed by atoms with E-state index in [0.717, 1.165) is 11.3 Å². The molecular weight excluding hydrogens is 400 g/mol. The van der Waals surface area contributed by atoms with Crippen molar-refractivity contribution in [3.05, 3.63) is 77.9 Å². The highest BCUT2D eigenvalue weighted by atomic mass is 32.2. The lowest BCUT2D eigenvalue weighted by molar-refractivity contribution is 0.0747. The molecule has 1 saturated heterocycles. The van der Waals surface area contributed by atoms with Gasteiger partial charge in [0.1, 0.15) is 0 Å². The molecule has 152 valence electrons. The molecule has 7 nitrogen and oxygen atoms in total. The maximum absolute atomic E-state index is 13.0. The molecule has 0 radical (unpaired) electrons. The monoisotopic (exact) mass is 420 g/mol. The summed E-state index contributed by atoms with van der Waals surface area (Å²) >= 11 is 0. The number of hydrogen-bond donors (Lipinski definition) is 0. The number of benzene rings is 1. The van der Waals surface area contributed by atoms with Crippen LogP contribution in [0.25, 0.3) is 5.69 Å². The second-order valence-corrected chi connectivity index (χ2v) is 9.38. The average Bonchev–Trinajstić information content (AvgIpc) is 3.41. The summed E-state index contributed by atoms with van der Waals surface area (Å²) in [5.74, 6) is 6.08. The van der Waals surface area contributed by atoms with Crippen molar-refractivity contribution in [3.8, 4) is 17.5 Å². The average molecular weight is 420 g/mol. The van der Waals surface area contributed by atoms with Gasteiger partial charge in [0.2, 0.25) is 0 Å². The summed E-state index contributed by atoms with van der Waals surface area (Å²) < 4.78 is 25.3. The number of nitrogens with zero attached hydrogens (tertiary/aromatic N) is 4. The molecular formula is C22H20N4O3S. The smallest absolute Gasteiger partial charge is 0.253 e. The Hall–Kier alpha value is -3.44. The number of carbonyl (C=O) groups excluding carboxylic acids is 1. The Kier molecular flexibility index (Phi) is 5.38. The molecule has 3 heterocycles. The Labute approximate surface area is 175 Å². The minimum Gasteiger partial charge on any atom is -0.338 e. The third-order valence-corrected chi connectivity index (χ3v) is 6.82. The molecule has 1 atom stereocenters. The quantitative estimate of drug-likeness (QED) is 0.605. The first-order chi connectivity index (χ1) is 14.4. The van der Waals surface area contributed by atoms with Crippen LogP contribution in [0.2, 0.25) is 0 Å². The summed E-state index contributed by atoms with van der Waals surface area (Å²) in [5.41, 5.74) is 2.60. The van der Waals surface area contributed by atoms with Gasteiger partial charge < -0.3 is 4.90 Å². The lowest BCUT2D eigenvalue weighted by Crippen LogP contribution is -2.37. The van der Waals surface area contributed by atoms with E-state index < -0.39 is 9.84 Å². The second kappa shape index (κ2) is 8.13. The Morgan fingerprint density at radius 3 is 2.73 bits per heavy atom. The first-order valence-electron chi connectivity index (χ1n) is 9.47. The van der Waals surface area contributed by atoms with Crippen molar-refractivity contribution >= 4 is 15.7 Å². The summed E-state index contributed by atoms with van der Waals surface area (Å²) in [6.45, 7) is 0. The van der Waals surface area contributed by atoms with E-state index in [1.807, 2.05) is 24.4 Å². The van der Waals surface area contributed by atoms with Crippen molar-refractivity contribution in [3.63, 3.8) is 0 Å². The van der Waals surface area contributed by atoms with Gasteiger partial charge in [0.15, 0.2) is 9.84 Å². The minimum absolute atomic E-state index is 0.00821. The van der Waals surface area contributed by atoms with Gasteiger partial charge in [0, 0.05) is 49.0 Å². The van der Waals surface area contributed by atoms with Crippen LogP contribution in [-0.4, -0.2) is 58.6 Å². The highest BCUT2D eigenvalue weighted by molar-refractivity contribution is 7.91. The van der Waals surface area contributed by atoms with Crippen molar-refractivity contribution in [1.29, 1.82) is 0 Å². The molecule has 0 bridgehead atoms. The van der Waals surface area contributed by atoms with Gasteiger partial charge in [-0.3, -0.25) is 9.78 Å². The highest BCUT2D eigenvalue weighted by Gasteiger charge is 2.33. The molecule has 1 aliphatic heterocycles. The van der Waals surface area contributed by atoms with E-state index in [0.29, 0.717) is 17.5 Å². The predicted molar refractivity (Wildman–Crippen MR) is 113 cm³/mol. The molecule has 1 fully saturated rings. The van der Waals surface area contributed by atoms with Gasteiger partial charge in [0.25, 0.3) is 5.91 Å². The molecule has 1 aromatic carbocycles. The highest BCUT2D eigenvalue weighted by Crippen LogP contribution is 2.21. The van der Waals surface area contributed by atoms with Crippen LogP contribution in [0.3, 0.4) is 0 Å². The van der Waals surface area contributed by atoms with E-state index in [4.69, 9.17) is 0 Å². The van der Waals surface area contributed by atoms with Gasteiger partial charge in [0.05, 0.1) is 22.8 Å². The largest absolute Gasteiger partial charge is 0.338 e. The van der Waals surface area contributed by atoms with Crippen LogP contribution in [-0.2, 0) is 9.84 Å². The number of aromatic nitrogens is 3. The summed E-state index contributed by atoms with van der Waals surface area (Å²) in [6.07, 6.45) is 7.29. The SMILES string of the molecule is CN(C(=O)c1ccc(-n2cccn2)c(C#Cc2cccnc2)c1)[C@@H]1CCS(=O)(=O)C1. The molecule has 0 saturated carbocycles. The molecule has 4 rings (SSSR count). The zero-order chi connectivity index (χ0) is 21.1. The fraction of sp³-hybridized carbons (Fsp3) is 0.227. The van der Waals surface area contributed by atoms with Gasteiger partial charge in [-0.2, -0.15) is 5.10 Å². The van der Waals surface area contributed by atoms with Crippen molar-refractivity contribution in [2.75, 3.05) is 18.6 Å². The topological polar surface area (TPSA) is 85.2 Å². The summed E-state index contributed by atoms with van der Waals surface area (Å²) in [4.78, 5) is 18.6. The van der Waals surface area contributed by atoms with Crippen LogP contribution in [0.15, 0.2) is 61.2 Å². The number of amides is 1. The van der Waals surface area contributed by atoms with Gasteiger partial charge in [-0.15, -0.1) is 0 Å². The van der Waals surface area contributed by atoms with E-state index in [2.05, 4.69) is 21.9 Å². The maximum atomic E-state index is 13.0. The Bertz CT molecular complexity index is 1230. The molecule has 8 heteroatoms. The van der Waals surface area contributed by atoms with Gasteiger partial charge in [-0.1, -0.05) is 11.8 Å². The van der Waals surface area contributed by atoms with Gasteiger partial charge in [-0.25, -0.2) is 13.1 Å². The maximum Gasteiger partial charge on any atom is 0.253 e. The van der Waals surface area contributed by atoms with Gasteiger partial charge in [-0.05, 0) is 42.8 Å². The Balaban J connectivity index is 1.68. The van der Waals surface area contributed by atoms with Crippen molar-refractivity contribution < 1.29 is 13.2 Å². The van der Waals surface area contributed by atoms with Crippen molar-refractivity contribution in [2.24, 2.45) is 0 Å². The fourth-order valence-corrected chi connectivity index (χ4v) is 5.18. The molecule has 2 aromatic heterocycles. The third-order valence-electron chi connectivity index (χ3n) is 5.07. The van der Waals surface area contributed by atoms with E-state index in [1.54, 1.807) is 48.5 Å². The molecule has 0 unspecified atom stereocenters. The van der Waals surface area contributed by atoms with Crippen LogP contribution in [0.5, 0.6) is 0 Å². The molecule has 0 N–H and O–H groups in total. The number of pyridine rings is 1. The Morgan fingerprint density at radius 2 is 2.07 bits per heavy atom. The van der Waals surface area contributed by atoms with Crippen LogP contribution < -0.4 is 0 Å². The molecule has 0 aliphatic carbocycles. The Morgan fingerprint density at radius 1 is 1.20 bits per heavy atom. The van der Waals surface area contributed by atoms with E-state index in [9.17, 15) is 13.2 Å². The van der Waals surface area contributed by atoms with E-state index in [1.165, 1.54) is 4.90 Å². The summed E-state index contributed by atoms with van der Waals surface area (Å²) in [7, 11) is -1.42. The molecule has 0 spiro atoms. The van der Waals surface area contributed by atoms with Crippen LogP contribution in [0.1, 0.15) is 27.9 Å². The first kappa shape index (κ1) is 19.9. The van der Waals surface area contributed by atoms with Crippen molar-refractivity contribution in [2.45, 2.75) is 12.5 Å². The molecule has 30 heavy (non-hydrogen) atoms. The standard InChI is InChI=1S/C22H20N4O3S/c1-25(20-9-13-30(28,29)16-20)22(27)19-7-8-21(26-12-3-11-24-26)18(14-19)6-5-17-4-2-10-23-15-17/h2-4,7-8,10-12,14-15,20H,9,13,16H2,1H3/t20-/m1/s1. The number of hydrogen-bond acceptors (Lipinski definition) is 5. The lowest BCUT2D eigenvalue weighted by Gasteiger charge is -2.23. The minimum atomic E-state index is -3.07. The number of carbonyl (C=O) groups is 1. The van der Waals surface area contributed by atoms with Crippen molar-refractivity contribution in [1.82, 2.24) is 19.7 Å². The van der Waals surface area contributed by atoms with Gasteiger partial charge >= 0.3 is 0 Å². The van der Waals surface area contributed by atoms with Crippen LogP contribution in [0, 0.1) is 11.8 Å². The number of rotatable bonds is 3. The fourth-order valence-electron chi connectivity index (χ4n) is 3.41. The third kappa shape index (κ3) is 4.26. The molecule has 1 amide bonds. The normalized spacial score (nSPS) is 17.2.